The number of amides is 2. The fraction of sp³-hybridized carbons (Fsp3) is 0.269. The molecule has 4 rings (SSSR count). The number of fused-ring (bicyclic) bond motifs is 1. The summed E-state index contributed by atoms with van der Waals surface area (Å²) < 4.78 is 46.1. The molecule has 1 heterocycles. The number of urea groups is 1. The molecule has 3 N–H and O–H groups in total. The van der Waals surface area contributed by atoms with Gasteiger partial charge in [-0.2, -0.15) is 0 Å². The van der Waals surface area contributed by atoms with Crippen LogP contribution in [0.3, 0.4) is 0 Å². The lowest BCUT2D eigenvalue weighted by Gasteiger charge is -2.19. The van der Waals surface area contributed by atoms with Crippen molar-refractivity contribution in [1.82, 2.24) is 10.6 Å². The molecule has 7 nitrogen and oxygen atoms in total. The minimum Gasteiger partial charge on any atom is -0.495 e. The molecule has 0 aromatic heterocycles. The molecule has 37 heavy (non-hydrogen) atoms. The standard InChI is InChI=1S/C26H26Cl2FN3O4S/c1-15(19-4-3-5-21(27)25(19)28)31-26(33)32-23-7-6-18(12-24(23)36-2)37(34,35)14-16-10-17-8-9-30-13-20(17)22(29)11-16/h3-7,10-12,15,30H,8-9,13-14H2,1-2H3,(H2,31,32,33). The Morgan fingerprint density at radius 2 is 1.97 bits per heavy atom. The van der Waals surface area contributed by atoms with Crippen LogP contribution in [0.25, 0.3) is 0 Å². The molecule has 1 aliphatic heterocycles. The molecule has 1 atom stereocenters. The zero-order valence-electron chi connectivity index (χ0n) is 20.2. The molecule has 0 radical (unpaired) electrons. The Kier molecular flexibility index (Phi) is 8.28. The first-order chi connectivity index (χ1) is 17.6. The van der Waals surface area contributed by atoms with Crippen molar-refractivity contribution < 1.29 is 22.3 Å². The summed E-state index contributed by atoms with van der Waals surface area (Å²) in [6, 6.07) is 11.3. The van der Waals surface area contributed by atoms with Gasteiger partial charge < -0.3 is 20.7 Å². The zero-order chi connectivity index (χ0) is 26.7. The predicted molar refractivity (Wildman–Crippen MR) is 143 cm³/mol. The fourth-order valence-corrected chi connectivity index (χ4v) is 6.06. The smallest absolute Gasteiger partial charge is 0.319 e. The van der Waals surface area contributed by atoms with E-state index in [2.05, 4.69) is 16.0 Å². The van der Waals surface area contributed by atoms with Crippen LogP contribution in [0.1, 0.15) is 35.2 Å². The van der Waals surface area contributed by atoms with E-state index in [1.807, 2.05) is 0 Å². The summed E-state index contributed by atoms with van der Waals surface area (Å²) in [5, 5.41) is 9.27. The summed E-state index contributed by atoms with van der Waals surface area (Å²) in [5.41, 5.74) is 2.70. The number of benzene rings is 3. The minimum atomic E-state index is -3.82. The molecule has 0 spiro atoms. The van der Waals surface area contributed by atoms with Gasteiger partial charge in [0.1, 0.15) is 11.6 Å². The first-order valence-electron chi connectivity index (χ1n) is 11.5. The maximum Gasteiger partial charge on any atom is 0.319 e. The highest BCUT2D eigenvalue weighted by Crippen LogP contribution is 2.32. The molecule has 0 saturated carbocycles. The minimum absolute atomic E-state index is 0.00539. The molecule has 1 aliphatic rings. The van der Waals surface area contributed by atoms with E-state index in [0.717, 1.165) is 5.56 Å². The number of methoxy groups -OCH3 is 1. The second-order valence-corrected chi connectivity index (χ2v) is 11.5. The van der Waals surface area contributed by atoms with Crippen LogP contribution in [-0.2, 0) is 28.6 Å². The summed E-state index contributed by atoms with van der Waals surface area (Å²) in [4.78, 5) is 12.6. The highest BCUT2D eigenvalue weighted by Gasteiger charge is 2.22. The van der Waals surface area contributed by atoms with E-state index in [-0.39, 0.29) is 22.1 Å². The Morgan fingerprint density at radius 1 is 1.19 bits per heavy atom. The number of carbonyl (C=O) groups is 1. The Balaban J connectivity index is 1.49. The van der Waals surface area contributed by atoms with Gasteiger partial charge in [-0.3, -0.25) is 0 Å². The van der Waals surface area contributed by atoms with Crippen LogP contribution in [0.2, 0.25) is 10.0 Å². The maximum absolute atomic E-state index is 14.5. The molecular formula is C26H26Cl2FN3O4S. The van der Waals surface area contributed by atoms with Gasteiger partial charge in [-0.05, 0) is 60.8 Å². The Hall–Kier alpha value is -2.85. The lowest BCUT2D eigenvalue weighted by Crippen LogP contribution is -2.31. The molecule has 3 aromatic carbocycles. The Bertz CT molecular complexity index is 1450. The van der Waals surface area contributed by atoms with Gasteiger partial charge in [0.05, 0.1) is 39.5 Å². The number of ether oxygens (including phenoxy) is 1. The van der Waals surface area contributed by atoms with Crippen LogP contribution in [0.15, 0.2) is 53.4 Å². The van der Waals surface area contributed by atoms with Crippen molar-refractivity contribution in [3.05, 3.63) is 86.6 Å². The van der Waals surface area contributed by atoms with E-state index < -0.39 is 27.7 Å². The lowest BCUT2D eigenvalue weighted by molar-refractivity contribution is 0.249. The van der Waals surface area contributed by atoms with Gasteiger partial charge in [-0.25, -0.2) is 17.6 Å². The third-order valence-electron chi connectivity index (χ3n) is 6.15. The molecule has 2 amide bonds. The highest BCUT2D eigenvalue weighted by atomic mass is 35.5. The maximum atomic E-state index is 14.5. The van der Waals surface area contributed by atoms with Crippen molar-refractivity contribution >= 4 is 44.8 Å². The Labute approximate surface area is 225 Å². The first-order valence-corrected chi connectivity index (χ1v) is 13.9. The van der Waals surface area contributed by atoms with Crippen LogP contribution in [-0.4, -0.2) is 28.1 Å². The summed E-state index contributed by atoms with van der Waals surface area (Å²) in [5.74, 6) is -0.613. The number of hydrogen-bond acceptors (Lipinski definition) is 5. The van der Waals surface area contributed by atoms with Gasteiger partial charge in [0.2, 0.25) is 0 Å². The number of sulfone groups is 1. The number of rotatable bonds is 7. The van der Waals surface area contributed by atoms with Gasteiger partial charge in [-0.15, -0.1) is 0 Å². The molecular weight excluding hydrogens is 540 g/mol. The van der Waals surface area contributed by atoms with E-state index in [1.54, 1.807) is 31.2 Å². The topological polar surface area (TPSA) is 96.5 Å². The van der Waals surface area contributed by atoms with Gasteiger partial charge >= 0.3 is 6.03 Å². The van der Waals surface area contributed by atoms with Gasteiger partial charge in [0.15, 0.2) is 9.84 Å². The summed E-state index contributed by atoms with van der Waals surface area (Å²) in [6.07, 6.45) is 0.637. The lowest BCUT2D eigenvalue weighted by atomic mass is 9.98. The molecule has 0 fully saturated rings. The summed E-state index contributed by atoms with van der Waals surface area (Å²) >= 11 is 12.3. The molecule has 0 aliphatic carbocycles. The number of halogens is 3. The summed E-state index contributed by atoms with van der Waals surface area (Å²) in [6.45, 7) is 2.90. The predicted octanol–water partition coefficient (Wildman–Crippen LogP) is 5.64. The van der Waals surface area contributed by atoms with E-state index in [4.69, 9.17) is 27.9 Å². The van der Waals surface area contributed by atoms with Crippen molar-refractivity contribution in [3.8, 4) is 5.75 Å². The van der Waals surface area contributed by atoms with Gasteiger partial charge in [-0.1, -0.05) is 41.4 Å². The normalized spacial score (nSPS) is 14.0. The van der Waals surface area contributed by atoms with E-state index in [1.165, 1.54) is 31.4 Å². The SMILES string of the molecule is COc1cc(S(=O)(=O)Cc2cc(F)c3c(c2)CCNC3)ccc1NC(=O)NC(C)c1cccc(Cl)c1Cl. The molecule has 1 unspecified atom stereocenters. The van der Waals surface area contributed by atoms with Crippen LogP contribution >= 0.6 is 23.2 Å². The highest BCUT2D eigenvalue weighted by molar-refractivity contribution is 7.90. The first kappa shape index (κ1) is 27.2. The van der Waals surface area contributed by atoms with Crippen molar-refractivity contribution in [2.45, 2.75) is 36.6 Å². The largest absolute Gasteiger partial charge is 0.495 e. The van der Waals surface area contributed by atoms with Crippen molar-refractivity contribution in [1.29, 1.82) is 0 Å². The van der Waals surface area contributed by atoms with E-state index >= 15 is 0 Å². The van der Waals surface area contributed by atoms with Crippen molar-refractivity contribution in [2.75, 3.05) is 19.0 Å². The van der Waals surface area contributed by atoms with E-state index in [0.29, 0.717) is 46.2 Å². The quantitative estimate of drug-likeness (QED) is 0.344. The fourth-order valence-electron chi connectivity index (χ4n) is 4.26. The van der Waals surface area contributed by atoms with Crippen LogP contribution in [0.5, 0.6) is 5.75 Å². The molecule has 0 bridgehead atoms. The van der Waals surface area contributed by atoms with Crippen LogP contribution in [0.4, 0.5) is 14.9 Å². The van der Waals surface area contributed by atoms with Crippen LogP contribution < -0.4 is 20.7 Å². The second kappa shape index (κ2) is 11.3. The number of anilines is 1. The van der Waals surface area contributed by atoms with E-state index in [9.17, 15) is 17.6 Å². The number of carbonyl (C=O) groups excluding carboxylic acids is 1. The third kappa shape index (κ3) is 6.18. The average Bonchev–Trinajstić information content (AvgIpc) is 2.85. The van der Waals surface area contributed by atoms with Gasteiger partial charge in [0.25, 0.3) is 0 Å². The number of hydrogen-bond donors (Lipinski definition) is 3. The molecule has 3 aromatic rings. The average molecular weight is 566 g/mol. The van der Waals surface area contributed by atoms with Gasteiger partial charge in [0, 0.05) is 18.2 Å². The van der Waals surface area contributed by atoms with Crippen LogP contribution in [0, 0.1) is 5.82 Å². The Morgan fingerprint density at radius 3 is 2.73 bits per heavy atom. The molecule has 11 heteroatoms. The van der Waals surface area contributed by atoms with Crippen molar-refractivity contribution in [3.63, 3.8) is 0 Å². The second-order valence-electron chi connectivity index (χ2n) is 8.73. The monoisotopic (exact) mass is 565 g/mol. The molecule has 0 saturated heterocycles. The number of nitrogens with one attached hydrogen (secondary N) is 3. The summed E-state index contributed by atoms with van der Waals surface area (Å²) in [7, 11) is -2.45. The third-order valence-corrected chi connectivity index (χ3v) is 8.67. The molecule has 196 valence electrons. The zero-order valence-corrected chi connectivity index (χ0v) is 22.5. The van der Waals surface area contributed by atoms with Crippen molar-refractivity contribution in [2.24, 2.45) is 0 Å².